The Labute approximate surface area is 178 Å². The lowest BCUT2D eigenvalue weighted by Gasteiger charge is -2.08. The summed E-state index contributed by atoms with van der Waals surface area (Å²) in [6.45, 7) is 2.57. The highest BCUT2D eigenvalue weighted by atomic mass is 16.6. The van der Waals surface area contributed by atoms with Crippen molar-refractivity contribution < 1.29 is 14.1 Å². The van der Waals surface area contributed by atoms with Gasteiger partial charge in [0.05, 0.1) is 16.6 Å². The molecule has 13 heteroatoms. The molecule has 5 aromatic rings. The van der Waals surface area contributed by atoms with Gasteiger partial charge in [0.25, 0.3) is 5.69 Å². The molecule has 2 amide bonds. The predicted molar refractivity (Wildman–Crippen MR) is 113 cm³/mol. The number of nitrogens with zero attached hydrogens (tertiary/aromatic N) is 7. The zero-order chi connectivity index (χ0) is 22.2. The number of benzene rings is 1. The van der Waals surface area contributed by atoms with E-state index < -0.39 is 11.0 Å². The van der Waals surface area contributed by atoms with Crippen molar-refractivity contribution in [2.45, 2.75) is 13.5 Å². The van der Waals surface area contributed by atoms with Crippen LogP contribution in [0.25, 0.3) is 28.3 Å². The number of anilines is 2. The number of hydrogen-bond donors (Lipinski definition) is 2. The third-order valence-electron chi connectivity index (χ3n) is 4.63. The molecule has 4 heterocycles. The highest BCUT2D eigenvalue weighted by molar-refractivity contribution is 6.00. The minimum absolute atomic E-state index is 0.0793. The summed E-state index contributed by atoms with van der Waals surface area (Å²) in [5, 5.41) is 25.5. The minimum Gasteiger partial charge on any atom is -0.461 e. The number of carbonyl (C=O) groups excluding carboxylic acids is 1. The molecule has 0 aliphatic rings. The van der Waals surface area contributed by atoms with Gasteiger partial charge in [-0.2, -0.15) is 14.6 Å². The van der Waals surface area contributed by atoms with Crippen molar-refractivity contribution in [1.29, 1.82) is 0 Å². The fraction of sp³-hybridized carbons (Fsp3) is 0.105. The van der Waals surface area contributed by atoms with Gasteiger partial charge in [-0.25, -0.2) is 9.78 Å². The normalized spacial score (nSPS) is 11.2. The number of hydrogen-bond acceptors (Lipinski definition) is 8. The van der Waals surface area contributed by atoms with Crippen molar-refractivity contribution in [1.82, 2.24) is 29.4 Å². The van der Waals surface area contributed by atoms with Gasteiger partial charge in [-0.05, 0) is 31.2 Å². The molecule has 5 rings (SSSR count). The molecule has 0 saturated carbocycles. The van der Waals surface area contributed by atoms with E-state index in [2.05, 4.69) is 30.8 Å². The number of amides is 2. The van der Waals surface area contributed by atoms with Gasteiger partial charge in [-0.15, -0.1) is 5.10 Å². The number of carbonyl (C=O) groups is 1. The maximum Gasteiger partial charge on any atom is 0.326 e. The highest BCUT2D eigenvalue weighted by Crippen LogP contribution is 2.24. The maximum absolute atomic E-state index is 12.6. The molecule has 160 valence electrons. The van der Waals surface area contributed by atoms with Gasteiger partial charge in [-0.1, -0.05) is 0 Å². The molecular formula is C19H15N9O4. The first kappa shape index (κ1) is 19.2. The summed E-state index contributed by atoms with van der Waals surface area (Å²) in [7, 11) is 0. The minimum atomic E-state index is -0.614. The standard InChI is InChI=1S/C19H15N9O4/c1-2-26-10-13-15(24-26)22-18(27-17(13)21-16(25-27)14-4-3-9-32-14)23-19(29)20-11-5-7-12(8-6-11)28(30)31/h3-10H,2H2,1H3,(H2,20,22,23,24,29). The van der Waals surface area contributed by atoms with E-state index in [-0.39, 0.29) is 11.6 Å². The summed E-state index contributed by atoms with van der Waals surface area (Å²) in [4.78, 5) is 31.8. The Balaban J connectivity index is 1.51. The van der Waals surface area contributed by atoms with Crippen LogP contribution in [0.4, 0.5) is 22.1 Å². The lowest BCUT2D eigenvalue weighted by molar-refractivity contribution is -0.384. The molecule has 1 aromatic carbocycles. The smallest absolute Gasteiger partial charge is 0.326 e. The van der Waals surface area contributed by atoms with E-state index in [0.29, 0.717) is 40.5 Å². The third kappa shape index (κ3) is 3.36. The van der Waals surface area contributed by atoms with Gasteiger partial charge in [0, 0.05) is 30.6 Å². The summed E-state index contributed by atoms with van der Waals surface area (Å²) in [5.41, 5.74) is 1.13. The second kappa shape index (κ2) is 7.46. The van der Waals surface area contributed by atoms with Crippen molar-refractivity contribution in [3.8, 4) is 11.6 Å². The van der Waals surface area contributed by atoms with Crippen LogP contribution in [0.3, 0.4) is 0 Å². The van der Waals surface area contributed by atoms with Crippen molar-refractivity contribution >= 4 is 40.0 Å². The first-order chi connectivity index (χ1) is 15.5. The zero-order valence-corrected chi connectivity index (χ0v) is 16.6. The molecule has 13 nitrogen and oxygen atoms in total. The lowest BCUT2D eigenvalue weighted by Crippen LogP contribution is -2.22. The van der Waals surface area contributed by atoms with Gasteiger partial charge in [0.15, 0.2) is 17.1 Å². The number of furan rings is 1. The average molecular weight is 433 g/mol. The molecule has 2 N–H and O–H groups in total. The van der Waals surface area contributed by atoms with E-state index in [1.54, 1.807) is 23.0 Å². The first-order valence-corrected chi connectivity index (χ1v) is 9.52. The average Bonchev–Trinajstić information content (AvgIpc) is 3.52. The topological polar surface area (TPSA) is 158 Å². The van der Waals surface area contributed by atoms with Crippen LogP contribution >= 0.6 is 0 Å². The van der Waals surface area contributed by atoms with Crippen LogP contribution < -0.4 is 10.6 Å². The van der Waals surface area contributed by atoms with Crippen LogP contribution in [-0.2, 0) is 6.54 Å². The van der Waals surface area contributed by atoms with E-state index >= 15 is 0 Å². The number of nitro benzene ring substituents is 1. The summed E-state index contributed by atoms with van der Waals surface area (Å²) in [6.07, 6.45) is 3.32. The molecule has 0 saturated heterocycles. The Morgan fingerprint density at radius 3 is 2.66 bits per heavy atom. The molecule has 0 radical (unpaired) electrons. The van der Waals surface area contributed by atoms with Crippen LogP contribution in [0.5, 0.6) is 0 Å². The molecule has 0 aliphatic heterocycles. The summed E-state index contributed by atoms with van der Waals surface area (Å²) >= 11 is 0. The third-order valence-corrected chi connectivity index (χ3v) is 4.63. The summed E-state index contributed by atoms with van der Waals surface area (Å²) in [6, 6.07) is 8.28. The van der Waals surface area contributed by atoms with Gasteiger partial charge < -0.3 is 9.73 Å². The van der Waals surface area contributed by atoms with Crippen LogP contribution in [0, 0.1) is 10.1 Å². The molecule has 0 aliphatic carbocycles. The second-order valence-electron chi connectivity index (χ2n) is 6.69. The largest absolute Gasteiger partial charge is 0.461 e. The number of urea groups is 1. The Hall–Kier alpha value is -4.81. The fourth-order valence-corrected chi connectivity index (χ4v) is 3.12. The molecule has 0 atom stereocenters. The number of fused-ring (bicyclic) bond motifs is 3. The molecule has 0 bridgehead atoms. The fourth-order valence-electron chi connectivity index (χ4n) is 3.12. The van der Waals surface area contributed by atoms with Gasteiger partial charge >= 0.3 is 6.03 Å². The maximum atomic E-state index is 12.6. The van der Waals surface area contributed by atoms with Crippen molar-refractivity contribution in [2.24, 2.45) is 0 Å². The summed E-state index contributed by atoms with van der Waals surface area (Å²) in [5.74, 6) is 0.886. The van der Waals surface area contributed by atoms with E-state index in [9.17, 15) is 14.9 Å². The van der Waals surface area contributed by atoms with Crippen LogP contribution in [0.15, 0.2) is 53.3 Å². The Morgan fingerprint density at radius 1 is 1.16 bits per heavy atom. The van der Waals surface area contributed by atoms with Crippen LogP contribution in [-0.4, -0.2) is 40.3 Å². The Morgan fingerprint density at radius 2 is 1.97 bits per heavy atom. The lowest BCUT2D eigenvalue weighted by atomic mass is 10.3. The number of nitrogens with one attached hydrogen (secondary N) is 2. The van der Waals surface area contributed by atoms with Crippen molar-refractivity contribution in [2.75, 3.05) is 10.6 Å². The van der Waals surface area contributed by atoms with Crippen LogP contribution in [0.2, 0.25) is 0 Å². The SMILES string of the molecule is CCn1cc2c(nc(NC(=O)Nc3ccc([N+](=O)[O-])cc3)n3nc(-c4ccco4)nc23)n1. The number of aromatic nitrogens is 6. The van der Waals surface area contributed by atoms with E-state index in [0.717, 1.165) is 0 Å². The molecule has 4 aromatic heterocycles. The van der Waals surface area contributed by atoms with E-state index in [1.165, 1.54) is 35.0 Å². The second-order valence-corrected chi connectivity index (χ2v) is 6.69. The molecule has 0 spiro atoms. The molecule has 0 fully saturated rings. The Bertz CT molecular complexity index is 1450. The van der Waals surface area contributed by atoms with Crippen LogP contribution in [0.1, 0.15) is 6.92 Å². The van der Waals surface area contributed by atoms with Crippen molar-refractivity contribution in [3.63, 3.8) is 0 Å². The monoisotopic (exact) mass is 433 g/mol. The molecule has 0 unspecified atom stereocenters. The summed E-state index contributed by atoms with van der Waals surface area (Å²) < 4.78 is 8.49. The van der Waals surface area contributed by atoms with Crippen molar-refractivity contribution in [3.05, 3.63) is 59.0 Å². The number of non-ortho nitro benzene ring substituents is 1. The first-order valence-electron chi connectivity index (χ1n) is 9.52. The number of rotatable bonds is 5. The van der Waals surface area contributed by atoms with E-state index in [1.807, 2.05) is 6.92 Å². The quantitative estimate of drug-likeness (QED) is 0.315. The van der Waals surface area contributed by atoms with E-state index in [4.69, 9.17) is 4.42 Å². The Kier molecular flexibility index (Phi) is 4.47. The molecular weight excluding hydrogens is 418 g/mol. The predicted octanol–water partition coefficient (Wildman–Crippen LogP) is 3.31. The number of nitro groups is 1. The van der Waals surface area contributed by atoms with Gasteiger partial charge in [0.2, 0.25) is 11.8 Å². The highest BCUT2D eigenvalue weighted by Gasteiger charge is 2.19. The molecule has 32 heavy (non-hydrogen) atoms. The zero-order valence-electron chi connectivity index (χ0n) is 16.6. The van der Waals surface area contributed by atoms with Gasteiger partial charge in [0.1, 0.15) is 0 Å². The number of aryl methyl sites for hydroxylation is 1. The van der Waals surface area contributed by atoms with Gasteiger partial charge in [-0.3, -0.25) is 20.1 Å².